The van der Waals surface area contributed by atoms with Crippen LogP contribution in [-0.4, -0.2) is 6.61 Å². The largest absolute Gasteiger partial charge is 0.493 e. The van der Waals surface area contributed by atoms with Gasteiger partial charge in [-0.05, 0) is 31.9 Å². The van der Waals surface area contributed by atoms with E-state index in [4.69, 9.17) is 4.74 Å². The molecule has 0 aliphatic heterocycles. The van der Waals surface area contributed by atoms with Crippen LogP contribution < -0.4 is 4.74 Å². The van der Waals surface area contributed by atoms with E-state index in [1.54, 1.807) is 0 Å². The van der Waals surface area contributed by atoms with E-state index in [1.807, 2.05) is 12.1 Å². The van der Waals surface area contributed by atoms with Crippen molar-refractivity contribution in [3.63, 3.8) is 0 Å². The van der Waals surface area contributed by atoms with Gasteiger partial charge >= 0.3 is 0 Å². The molecule has 0 saturated heterocycles. The molecule has 0 heterocycles. The third kappa shape index (κ3) is 2.24. The zero-order valence-corrected chi connectivity index (χ0v) is 8.34. The topological polar surface area (TPSA) is 9.23 Å². The number of benzene rings is 1. The molecular formula is C12H16O. The second-order valence-corrected chi connectivity index (χ2v) is 4.41. The van der Waals surface area contributed by atoms with Gasteiger partial charge in [-0.15, -0.1) is 0 Å². The highest BCUT2D eigenvalue weighted by Gasteiger charge is 2.37. The van der Waals surface area contributed by atoms with Gasteiger partial charge in [-0.1, -0.05) is 24.6 Å². The Kier molecular flexibility index (Phi) is 2.03. The van der Waals surface area contributed by atoms with Crippen molar-refractivity contribution in [2.24, 2.45) is 5.41 Å². The van der Waals surface area contributed by atoms with Crippen LogP contribution in [0.4, 0.5) is 0 Å². The van der Waals surface area contributed by atoms with Crippen molar-refractivity contribution in [3.05, 3.63) is 29.8 Å². The molecule has 13 heavy (non-hydrogen) atoms. The lowest BCUT2D eigenvalue weighted by Crippen LogP contribution is -2.08. The van der Waals surface area contributed by atoms with Crippen LogP contribution in [0.2, 0.25) is 0 Å². The minimum absolute atomic E-state index is 0.477. The van der Waals surface area contributed by atoms with Gasteiger partial charge < -0.3 is 4.74 Å². The van der Waals surface area contributed by atoms with Crippen LogP contribution in [0.3, 0.4) is 0 Å². The molecule has 0 amide bonds. The molecule has 0 aromatic heterocycles. The Morgan fingerprint density at radius 3 is 2.38 bits per heavy atom. The molecule has 0 radical (unpaired) electrons. The van der Waals surface area contributed by atoms with E-state index in [0.717, 1.165) is 12.4 Å². The van der Waals surface area contributed by atoms with Crippen molar-refractivity contribution >= 4 is 0 Å². The fraction of sp³-hybridized carbons (Fsp3) is 0.500. The first-order chi connectivity index (χ1) is 6.18. The lowest BCUT2D eigenvalue weighted by molar-refractivity contribution is 0.247. The van der Waals surface area contributed by atoms with E-state index in [-0.39, 0.29) is 0 Å². The molecule has 1 aliphatic rings. The predicted octanol–water partition coefficient (Wildman–Crippen LogP) is 3.17. The Hall–Kier alpha value is -0.980. The lowest BCUT2D eigenvalue weighted by atomic mass is 10.2. The minimum atomic E-state index is 0.477. The Morgan fingerprint density at radius 1 is 1.23 bits per heavy atom. The summed E-state index contributed by atoms with van der Waals surface area (Å²) in [6.45, 7) is 5.24. The standard InChI is InChI=1S/C12H16O/c1-10-3-5-11(6-4-10)13-9-12(2)7-8-12/h3-6H,7-9H2,1-2H3. The van der Waals surface area contributed by atoms with Crippen molar-refractivity contribution in [1.82, 2.24) is 0 Å². The Labute approximate surface area is 79.7 Å². The third-order valence-electron chi connectivity index (χ3n) is 2.71. The molecule has 0 atom stereocenters. The van der Waals surface area contributed by atoms with Gasteiger partial charge in [-0.3, -0.25) is 0 Å². The highest BCUT2D eigenvalue weighted by Crippen LogP contribution is 2.44. The van der Waals surface area contributed by atoms with Gasteiger partial charge in [-0.25, -0.2) is 0 Å². The van der Waals surface area contributed by atoms with Gasteiger partial charge in [0, 0.05) is 5.41 Å². The molecular weight excluding hydrogens is 160 g/mol. The Balaban J connectivity index is 1.91. The smallest absolute Gasteiger partial charge is 0.119 e. The maximum atomic E-state index is 5.69. The quantitative estimate of drug-likeness (QED) is 0.687. The molecule has 0 N–H and O–H groups in total. The second-order valence-electron chi connectivity index (χ2n) is 4.41. The van der Waals surface area contributed by atoms with Gasteiger partial charge in [0.25, 0.3) is 0 Å². The molecule has 0 unspecified atom stereocenters. The fourth-order valence-electron chi connectivity index (χ4n) is 1.25. The Bertz CT molecular complexity index is 282. The Morgan fingerprint density at radius 2 is 1.85 bits per heavy atom. The molecule has 1 aliphatic carbocycles. The minimum Gasteiger partial charge on any atom is -0.493 e. The van der Waals surface area contributed by atoms with Crippen LogP contribution in [0, 0.1) is 12.3 Å². The summed E-state index contributed by atoms with van der Waals surface area (Å²) in [6.07, 6.45) is 2.64. The fourth-order valence-corrected chi connectivity index (χ4v) is 1.25. The zero-order chi connectivity index (χ0) is 9.31. The molecule has 1 nitrogen and oxygen atoms in total. The summed E-state index contributed by atoms with van der Waals surface area (Å²) >= 11 is 0. The maximum Gasteiger partial charge on any atom is 0.119 e. The van der Waals surface area contributed by atoms with Crippen LogP contribution in [0.25, 0.3) is 0 Å². The SMILES string of the molecule is Cc1ccc(OCC2(C)CC2)cc1. The number of hydrogen-bond donors (Lipinski definition) is 0. The van der Waals surface area contributed by atoms with Crippen LogP contribution >= 0.6 is 0 Å². The van der Waals surface area contributed by atoms with E-state index in [0.29, 0.717) is 5.41 Å². The van der Waals surface area contributed by atoms with Crippen molar-refractivity contribution in [2.45, 2.75) is 26.7 Å². The van der Waals surface area contributed by atoms with E-state index in [1.165, 1.54) is 18.4 Å². The normalized spacial score (nSPS) is 18.3. The van der Waals surface area contributed by atoms with Crippen LogP contribution in [0.1, 0.15) is 25.3 Å². The summed E-state index contributed by atoms with van der Waals surface area (Å²) in [4.78, 5) is 0. The highest BCUT2D eigenvalue weighted by atomic mass is 16.5. The highest BCUT2D eigenvalue weighted by molar-refractivity contribution is 5.26. The molecule has 0 spiro atoms. The van der Waals surface area contributed by atoms with Crippen molar-refractivity contribution in [2.75, 3.05) is 6.61 Å². The number of ether oxygens (including phenoxy) is 1. The first-order valence-corrected chi connectivity index (χ1v) is 4.87. The van der Waals surface area contributed by atoms with E-state index in [9.17, 15) is 0 Å². The number of hydrogen-bond acceptors (Lipinski definition) is 1. The number of aryl methyl sites for hydroxylation is 1. The van der Waals surface area contributed by atoms with Gasteiger partial charge in [0.05, 0.1) is 6.61 Å². The molecule has 1 fully saturated rings. The second kappa shape index (κ2) is 3.06. The molecule has 1 heteroatoms. The van der Waals surface area contributed by atoms with Gasteiger partial charge in [0.1, 0.15) is 5.75 Å². The summed E-state index contributed by atoms with van der Waals surface area (Å²) in [7, 11) is 0. The lowest BCUT2D eigenvalue weighted by Gasteiger charge is -2.10. The van der Waals surface area contributed by atoms with Gasteiger partial charge in [-0.2, -0.15) is 0 Å². The van der Waals surface area contributed by atoms with Crippen LogP contribution in [0.5, 0.6) is 5.75 Å². The van der Waals surface area contributed by atoms with E-state index < -0.39 is 0 Å². The summed E-state index contributed by atoms with van der Waals surface area (Å²) < 4.78 is 5.69. The molecule has 1 aromatic rings. The molecule has 1 aromatic carbocycles. The van der Waals surface area contributed by atoms with Gasteiger partial charge in [0.15, 0.2) is 0 Å². The summed E-state index contributed by atoms with van der Waals surface area (Å²) in [5.41, 5.74) is 1.76. The summed E-state index contributed by atoms with van der Waals surface area (Å²) in [5.74, 6) is 0.999. The molecule has 1 saturated carbocycles. The zero-order valence-electron chi connectivity index (χ0n) is 8.34. The van der Waals surface area contributed by atoms with Crippen molar-refractivity contribution in [1.29, 1.82) is 0 Å². The van der Waals surface area contributed by atoms with Crippen molar-refractivity contribution < 1.29 is 4.74 Å². The van der Waals surface area contributed by atoms with E-state index in [2.05, 4.69) is 26.0 Å². The first-order valence-electron chi connectivity index (χ1n) is 4.87. The monoisotopic (exact) mass is 176 g/mol. The van der Waals surface area contributed by atoms with Crippen LogP contribution in [-0.2, 0) is 0 Å². The van der Waals surface area contributed by atoms with Crippen LogP contribution in [0.15, 0.2) is 24.3 Å². The maximum absolute atomic E-state index is 5.69. The van der Waals surface area contributed by atoms with E-state index >= 15 is 0 Å². The first kappa shape index (κ1) is 8.61. The molecule has 2 rings (SSSR count). The number of rotatable bonds is 3. The predicted molar refractivity (Wildman–Crippen MR) is 54.0 cm³/mol. The summed E-state index contributed by atoms with van der Waals surface area (Å²) in [6, 6.07) is 8.26. The summed E-state index contributed by atoms with van der Waals surface area (Å²) in [5, 5.41) is 0. The molecule has 0 bridgehead atoms. The third-order valence-corrected chi connectivity index (χ3v) is 2.71. The van der Waals surface area contributed by atoms with Crippen molar-refractivity contribution in [3.8, 4) is 5.75 Å². The molecule has 70 valence electrons. The average molecular weight is 176 g/mol. The van der Waals surface area contributed by atoms with Gasteiger partial charge in [0.2, 0.25) is 0 Å². The average Bonchev–Trinajstić information content (AvgIpc) is 2.84.